The molecule has 0 N–H and O–H groups in total. The summed E-state index contributed by atoms with van der Waals surface area (Å²) >= 11 is 5.91. The summed E-state index contributed by atoms with van der Waals surface area (Å²) in [6.07, 6.45) is 4.16. The van der Waals surface area contributed by atoms with Crippen LogP contribution in [-0.2, 0) is 0 Å². The van der Waals surface area contributed by atoms with Crippen LogP contribution in [0.2, 0.25) is 5.15 Å². The Kier molecular flexibility index (Phi) is 2.63. The third-order valence-corrected chi connectivity index (χ3v) is 3.61. The summed E-state index contributed by atoms with van der Waals surface area (Å²) in [5.74, 6) is 0.606. The first-order valence-electron chi connectivity index (χ1n) is 6.56. The summed E-state index contributed by atoms with van der Waals surface area (Å²) in [7, 11) is 0. The molecule has 20 heavy (non-hydrogen) atoms. The molecule has 0 atom stereocenters. The molecule has 0 saturated heterocycles. The Morgan fingerprint density at radius 2 is 1.85 bits per heavy atom. The maximum Gasteiger partial charge on any atom is 0.179 e. The van der Waals surface area contributed by atoms with Crippen molar-refractivity contribution in [2.24, 2.45) is 0 Å². The molecule has 1 aliphatic rings. The van der Waals surface area contributed by atoms with Gasteiger partial charge >= 0.3 is 0 Å². The first-order valence-corrected chi connectivity index (χ1v) is 6.94. The van der Waals surface area contributed by atoms with Crippen LogP contribution in [0, 0.1) is 0 Å². The molecule has 0 radical (unpaired) electrons. The molecule has 0 aliphatic heterocycles. The molecular formula is C15H11ClN4. The van der Waals surface area contributed by atoms with Gasteiger partial charge < -0.3 is 0 Å². The molecule has 3 aromatic heterocycles. The number of halogens is 1. The number of aromatic nitrogens is 4. The summed E-state index contributed by atoms with van der Waals surface area (Å²) in [4.78, 5) is 17.8. The topological polar surface area (TPSA) is 51.6 Å². The minimum atomic E-state index is 0.448. The van der Waals surface area contributed by atoms with Crippen LogP contribution in [0.4, 0.5) is 0 Å². The van der Waals surface area contributed by atoms with Gasteiger partial charge in [0.15, 0.2) is 5.65 Å². The molecular weight excluding hydrogens is 272 g/mol. The average Bonchev–Trinajstić information content (AvgIpc) is 3.31. The molecule has 1 fully saturated rings. The highest BCUT2D eigenvalue weighted by Gasteiger charge is 2.25. The monoisotopic (exact) mass is 282 g/mol. The van der Waals surface area contributed by atoms with Gasteiger partial charge in [-0.15, -0.1) is 0 Å². The molecule has 3 heterocycles. The van der Waals surface area contributed by atoms with Crippen LogP contribution in [0.5, 0.6) is 0 Å². The number of hydrogen-bond donors (Lipinski definition) is 0. The zero-order valence-electron chi connectivity index (χ0n) is 10.6. The second-order valence-electron chi connectivity index (χ2n) is 4.95. The number of rotatable bonds is 2. The lowest BCUT2D eigenvalue weighted by molar-refractivity contribution is 1.03. The maximum absolute atomic E-state index is 5.91. The smallest absolute Gasteiger partial charge is 0.179 e. The predicted octanol–water partition coefficient (Wildman–Crippen LogP) is 3.62. The Balaban J connectivity index is 1.84. The van der Waals surface area contributed by atoms with Crippen molar-refractivity contribution in [1.82, 2.24) is 19.9 Å². The van der Waals surface area contributed by atoms with Crippen LogP contribution < -0.4 is 0 Å². The second-order valence-corrected chi connectivity index (χ2v) is 5.34. The van der Waals surface area contributed by atoms with Crippen molar-refractivity contribution in [3.8, 4) is 11.4 Å². The van der Waals surface area contributed by atoms with Gasteiger partial charge in [0.1, 0.15) is 16.4 Å². The van der Waals surface area contributed by atoms with E-state index in [-0.39, 0.29) is 0 Å². The molecule has 3 aromatic rings. The van der Waals surface area contributed by atoms with E-state index in [2.05, 4.69) is 19.9 Å². The Bertz CT molecular complexity index is 799. The largest absolute Gasteiger partial charge is 0.251 e. The zero-order chi connectivity index (χ0) is 13.5. The first kappa shape index (κ1) is 11.7. The Hall–Kier alpha value is -2.07. The molecule has 4 rings (SSSR count). The van der Waals surface area contributed by atoms with Crippen LogP contribution in [0.15, 0.2) is 36.5 Å². The summed E-state index contributed by atoms with van der Waals surface area (Å²) in [6.45, 7) is 0. The zero-order valence-corrected chi connectivity index (χ0v) is 11.4. The molecule has 4 nitrogen and oxygen atoms in total. The molecule has 0 amide bonds. The van der Waals surface area contributed by atoms with Gasteiger partial charge in [-0.1, -0.05) is 17.7 Å². The summed E-state index contributed by atoms with van der Waals surface area (Å²) < 4.78 is 0. The third kappa shape index (κ3) is 2.12. The minimum absolute atomic E-state index is 0.448. The van der Waals surface area contributed by atoms with Gasteiger partial charge in [-0.3, -0.25) is 4.98 Å². The van der Waals surface area contributed by atoms with Crippen molar-refractivity contribution in [1.29, 1.82) is 0 Å². The van der Waals surface area contributed by atoms with Gasteiger partial charge in [0.2, 0.25) is 0 Å². The SMILES string of the molecule is Clc1cccc(-c2cnc3ccc(C4CC4)nc3n2)n1. The van der Waals surface area contributed by atoms with Gasteiger partial charge in [-0.25, -0.2) is 15.0 Å². The van der Waals surface area contributed by atoms with Crippen molar-refractivity contribution in [3.63, 3.8) is 0 Å². The number of pyridine rings is 2. The highest BCUT2D eigenvalue weighted by molar-refractivity contribution is 6.29. The first-order chi connectivity index (χ1) is 9.79. The standard InChI is InChI=1S/C15H11ClN4/c16-14-3-1-2-11(18-14)13-8-17-12-7-6-10(9-4-5-9)19-15(12)20-13/h1-3,6-9H,4-5H2. The molecule has 0 unspecified atom stereocenters. The minimum Gasteiger partial charge on any atom is -0.251 e. The van der Waals surface area contributed by atoms with Crippen molar-refractivity contribution in [2.75, 3.05) is 0 Å². The van der Waals surface area contributed by atoms with E-state index in [9.17, 15) is 0 Å². The summed E-state index contributed by atoms with van der Waals surface area (Å²) in [5.41, 5.74) is 4.00. The van der Waals surface area contributed by atoms with Gasteiger partial charge in [-0.2, -0.15) is 0 Å². The van der Waals surface area contributed by atoms with Crippen LogP contribution in [0.3, 0.4) is 0 Å². The van der Waals surface area contributed by atoms with E-state index in [1.807, 2.05) is 24.3 Å². The maximum atomic E-state index is 5.91. The molecule has 98 valence electrons. The fourth-order valence-corrected chi connectivity index (χ4v) is 2.36. The Labute approximate surface area is 120 Å². The van der Waals surface area contributed by atoms with E-state index in [0.29, 0.717) is 28.1 Å². The lowest BCUT2D eigenvalue weighted by Crippen LogP contribution is -1.95. The fraction of sp³-hybridized carbons (Fsp3) is 0.200. The quantitative estimate of drug-likeness (QED) is 0.674. The van der Waals surface area contributed by atoms with E-state index in [1.54, 1.807) is 12.3 Å². The molecule has 0 aromatic carbocycles. The van der Waals surface area contributed by atoms with Crippen LogP contribution in [0.25, 0.3) is 22.6 Å². The molecule has 5 heteroatoms. The van der Waals surface area contributed by atoms with Crippen molar-refractivity contribution in [3.05, 3.63) is 47.4 Å². The van der Waals surface area contributed by atoms with E-state index in [1.165, 1.54) is 12.8 Å². The fourth-order valence-electron chi connectivity index (χ4n) is 2.19. The van der Waals surface area contributed by atoms with Crippen molar-refractivity contribution < 1.29 is 0 Å². The van der Waals surface area contributed by atoms with Gasteiger partial charge in [0.05, 0.1) is 11.9 Å². The highest BCUT2D eigenvalue weighted by atomic mass is 35.5. The van der Waals surface area contributed by atoms with Crippen molar-refractivity contribution in [2.45, 2.75) is 18.8 Å². The Morgan fingerprint density at radius 3 is 2.65 bits per heavy atom. The summed E-state index contributed by atoms with van der Waals surface area (Å²) in [5, 5.41) is 0.448. The lowest BCUT2D eigenvalue weighted by Gasteiger charge is -2.03. The number of fused-ring (bicyclic) bond motifs is 1. The van der Waals surface area contributed by atoms with Crippen LogP contribution in [-0.4, -0.2) is 19.9 Å². The molecule has 1 aliphatic carbocycles. The molecule has 0 bridgehead atoms. The summed E-state index contributed by atoms with van der Waals surface area (Å²) in [6, 6.07) is 9.49. The van der Waals surface area contributed by atoms with Gasteiger partial charge in [0, 0.05) is 11.6 Å². The van der Waals surface area contributed by atoms with E-state index >= 15 is 0 Å². The lowest BCUT2D eigenvalue weighted by atomic mass is 10.2. The van der Waals surface area contributed by atoms with E-state index in [0.717, 1.165) is 11.2 Å². The average molecular weight is 283 g/mol. The Morgan fingerprint density at radius 1 is 0.950 bits per heavy atom. The van der Waals surface area contributed by atoms with Gasteiger partial charge in [-0.05, 0) is 37.1 Å². The molecule has 0 spiro atoms. The highest BCUT2D eigenvalue weighted by Crippen LogP contribution is 2.39. The third-order valence-electron chi connectivity index (χ3n) is 3.40. The predicted molar refractivity (Wildman–Crippen MR) is 77.5 cm³/mol. The number of hydrogen-bond acceptors (Lipinski definition) is 4. The second kappa shape index (κ2) is 4.49. The van der Waals surface area contributed by atoms with E-state index < -0.39 is 0 Å². The number of nitrogens with zero attached hydrogens (tertiary/aromatic N) is 4. The van der Waals surface area contributed by atoms with E-state index in [4.69, 9.17) is 11.6 Å². The van der Waals surface area contributed by atoms with Gasteiger partial charge in [0.25, 0.3) is 0 Å². The normalized spacial score (nSPS) is 14.7. The van der Waals surface area contributed by atoms with Crippen molar-refractivity contribution >= 4 is 22.8 Å². The van der Waals surface area contributed by atoms with Crippen LogP contribution in [0.1, 0.15) is 24.5 Å². The van der Waals surface area contributed by atoms with Crippen LogP contribution >= 0.6 is 11.6 Å². The molecule has 1 saturated carbocycles.